The van der Waals surface area contributed by atoms with Crippen LogP contribution in [-0.4, -0.2) is 9.97 Å². The minimum Gasteiger partial charge on any atom is -0.366 e. The van der Waals surface area contributed by atoms with Gasteiger partial charge >= 0.3 is 0 Å². The first kappa shape index (κ1) is 13.4. The largest absolute Gasteiger partial charge is 0.366 e. The molecule has 0 bridgehead atoms. The molecule has 0 aliphatic heterocycles. The van der Waals surface area contributed by atoms with Crippen molar-refractivity contribution in [1.82, 2.24) is 9.97 Å². The van der Waals surface area contributed by atoms with Gasteiger partial charge in [0.2, 0.25) is 0 Å². The Hall–Kier alpha value is -1.56. The Labute approximate surface area is 123 Å². The molecule has 1 aromatic carbocycles. The lowest BCUT2D eigenvalue weighted by molar-refractivity contribution is 0.507. The molecule has 1 aliphatic carbocycles. The van der Waals surface area contributed by atoms with E-state index in [4.69, 9.17) is 0 Å². The second-order valence-electron chi connectivity index (χ2n) is 4.81. The van der Waals surface area contributed by atoms with Crippen LogP contribution >= 0.6 is 15.9 Å². The van der Waals surface area contributed by atoms with Crippen LogP contribution in [0.3, 0.4) is 0 Å². The maximum Gasteiger partial charge on any atom is 0.159 e. The third kappa shape index (κ3) is 3.12. The van der Waals surface area contributed by atoms with Gasteiger partial charge < -0.3 is 5.32 Å². The van der Waals surface area contributed by atoms with Crippen LogP contribution in [0.1, 0.15) is 30.1 Å². The Morgan fingerprint density at radius 3 is 2.65 bits per heavy atom. The Morgan fingerprint density at radius 1 is 1.15 bits per heavy atom. The zero-order valence-corrected chi connectivity index (χ0v) is 12.1. The van der Waals surface area contributed by atoms with Crippen molar-refractivity contribution in [3.63, 3.8) is 0 Å². The van der Waals surface area contributed by atoms with E-state index >= 15 is 0 Å². The lowest BCUT2D eigenvalue weighted by Gasteiger charge is -2.08. The van der Waals surface area contributed by atoms with Crippen LogP contribution in [-0.2, 0) is 6.54 Å². The Balaban J connectivity index is 1.72. The second kappa shape index (κ2) is 5.44. The van der Waals surface area contributed by atoms with Crippen LogP contribution in [0.25, 0.3) is 0 Å². The normalized spacial score (nSPS) is 14.3. The monoisotopic (exact) mass is 339 g/mol. The highest BCUT2D eigenvalue weighted by Gasteiger charge is 2.27. The van der Waals surface area contributed by atoms with Gasteiger partial charge in [-0.2, -0.15) is 0 Å². The van der Waals surface area contributed by atoms with E-state index in [-0.39, 0.29) is 0 Å². The molecule has 0 saturated heterocycles. The van der Waals surface area contributed by atoms with E-state index in [2.05, 4.69) is 31.2 Å². The molecule has 6 heteroatoms. The van der Waals surface area contributed by atoms with E-state index in [0.29, 0.717) is 23.8 Å². The number of hydrogen-bond acceptors (Lipinski definition) is 3. The fraction of sp³-hybridized carbons (Fsp3) is 0.286. The predicted octanol–water partition coefficient (Wildman–Crippen LogP) is 4.01. The first-order valence-corrected chi connectivity index (χ1v) is 7.13. The number of aromatic nitrogens is 2. The number of nitrogens with zero attached hydrogens (tertiary/aromatic N) is 2. The Kier molecular flexibility index (Phi) is 3.65. The van der Waals surface area contributed by atoms with Crippen molar-refractivity contribution in [2.24, 2.45) is 0 Å². The number of halogens is 3. The predicted molar refractivity (Wildman–Crippen MR) is 75.4 cm³/mol. The number of rotatable bonds is 4. The molecule has 3 nitrogen and oxygen atoms in total. The molecule has 1 heterocycles. The first-order valence-electron chi connectivity index (χ1n) is 6.34. The maximum absolute atomic E-state index is 13.1. The summed E-state index contributed by atoms with van der Waals surface area (Å²) in [5.41, 5.74) is 0.659. The van der Waals surface area contributed by atoms with Crippen LogP contribution in [0, 0.1) is 11.6 Å². The first-order chi connectivity index (χ1) is 9.61. The lowest BCUT2D eigenvalue weighted by Crippen LogP contribution is -2.05. The highest BCUT2D eigenvalue weighted by molar-refractivity contribution is 9.10. The highest BCUT2D eigenvalue weighted by Crippen LogP contribution is 2.38. The van der Waals surface area contributed by atoms with Gasteiger partial charge in [0.25, 0.3) is 0 Å². The van der Waals surface area contributed by atoms with Gasteiger partial charge in [0.15, 0.2) is 11.6 Å². The zero-order chi connectivity index (χ0) is 14.1. The van der Waals surface area contributed by atoms with E-state index in [0.717, 1.165) is 29.3 Å². The lowest BCUT2D eigenvalue weighted by atomic mass is 10.2. The summed E-state index contributed by atoms with van der Waals surface area (Å²) in [7, 11) is 0. The van der Waals surface area contributed by atoms with E-state index in [1.165, 1.54) is 6.07 Å². The topological polar surface area (TPSA) is 37.8 Å². The molecule has 1 N–H and O–H groups in total. The number of nitrogens with one attached hydrogen (secondary N) is 1. The molecule has 1 saturated carbocycles. The molecular formula is C14H12BrF2N3. The van der Waals surface area contributed by atoms with E-state index in [9.17, 15) is 8.78 Å². The smallest absolute Gasteiger partial charge is 0.159 e. The van der Waals surface area contributed by atoms with Gasteiger partial charge in [-0.1, -0.05) is 6.07 Å². The van der Waals surface area contributed by atoms with Gasteiger partial charge in [0, 0.05) is 18.5 Å². The average Bonchev–Trinajstić information content (AvgIpc) is 3.24. The molecule has 20 heavy (non-hydrogen) atoms. The number of anilines is 1. The van der Waals surface area contributed by atoms with Crippen molar-refractivity contribution >= 4 is 21.7 Å². The molecule has 104 valence electrons. The third-order valence-corrected chi connectivity index (χ3v) is 3.52. The Bertz CT molecular complexity index is 644. The summed E-state index contributed by atoms with van der Waals surface area (Å²) in [5, 5.41) is 3.10. The van der Waals surface area contributed by atoms with Gasteiger partial charge in [-0.3, -0.25) is 0 Å². The molecule has 2 aromatic rings. The van der Waals surface area contributed by atoms with Crippen molar-refractivity contribution in [1.29, 1.82) is 0 Å². The molecule has 0 atom stereocenters. The summed E-state index contributed by atoms with van der Waals surface area (Å²) < 4.78 is 26.7. The van der Waals surface area contributed by atoms with Crippen LogP contribution in [0.4, 0.5) is 14.6 Å². The standard InChI is InChI=1S/C14H12BrF2N3/c15-12-6-13(20-14(19-12)9-2-3-9)18-7-8-1-4-10(16)11(17)5-8/h1,4-6,9H,2-3,7H2,(H,18,19,20). The van der Waals surface area contributed by atoms with E-state index < -0.39 is 11.6 Å². The van der Waals surface area contributed by atoms with Gasteiger partial charge in [0.05, 0.1) is 0 Å². The fourth-order valence-corrected chi connectivity index (χ4v) is 2.29. The molecule has 0 spiro atoms. The summed E-state index contributed by atoms with van der Waals surface area (Å²) in [6.45, 7) is 0.380. The van der Waals surface area contributed by atoms with Crippen molar-refractivity contribution in [2.75, 3.05) is 5.32 Å². The summed E-state index contributed by atoms with van der Waals surface area (Å²) in [5.74, 6) is 0.281. The van der Waals surface area contributed by atoms with Crippen LogP contribution < -0.4 is 5.32 Å². The number of hydrogen-bond donors (Lipinski definition) is 1. The maximum atomic E-state index is 13.1. The summed E-state index contributed by atoms with van der Waals surface area (Å²) >= 11 is 3.36. The van der Waals surface area contributed by atoms with Gasteiger partial charge in [0.1, 0.15) is 16.2 Å². The summed E-state index contributed by atoms with van der Waals surface area (Å²) in [4.78, 5) is 8.76. The summed E-state index contributed by atoms with van der Waals surface area (Å²) in [6.07, 6.45) is 2.25. The minimum atomic E-state index is -0.841. The van der Waals surface area contributed by atoms with Gasteiger partial charge in [-0.25, -0.2) is 18.7 Å². The molecule has 1 fully saturated rings. The molecule has 0 radical (unpaired) electrons. The van der Waals surface area contributed by atoms with E-state index in [1.807, 2.05) is 0 Å². The van der Waals surface area contributed by atoms with Gasteiger partial charge in [-0.05, 0) is 46.5 Å². The van der Waals surface area contributed by atoms with Crippen LogP contribution in [0.15, 0.2) is 28.9 Å². The van der Waals surface area contributed by atoms with E-state index in [1.54, 1.807) is 12.1 Å². The molecule has 0 unspecified atom stereocenters. The van der Waals surface area contributed by atoms with Crippen molar-refractivity contribution in [2.45, 2.75) is 25.3 Å². The number of benzene rings is 1. The van der Waals surface area contributed by atoms with Gasteiger partial charge in [-0.15, -0.1) is 0 Å². The fourth-order valence-electron chi connectivity index (χ4n) is 1.89. The second-order valence-corrected chi connectivity index (χ2v) is 5.62. The van der Waals surface area contributed by atoms with Crippen molar-refractivity contribution < 1.29 is 8.78 Å². The SMILES string of the molecule is Fc1ccc(CNc2cc(Br)nc(C3CC3)n2)cc1F. The molecule has 1 aliphatic rings. The molecule has 1 aromatic heterocycles. The zero-order valence-electron chi connectivity index (χ0n) is 10.5. The van der Waals surface area contributed by atoms with Crippen molar-refractivity contribution in [3.05, 3.63) is 51.9 Å². The molecule has 0 amide bonds. The Morgan fingerprint density at radius 2 is 1.95 bits per heavy atom. The van der Waals surface area contributed by atoms with Crippen molar-refractivity contribution in [3.8, 4) is 0 Å². The highest BCUT2D eigenvalue weighted by atomic mass is 79.9. The average molecular weight is 340 g/mol. The quantitative estimate of drug-likeness (QED) is 0.855. The molecular weight excluding hydrogens is 328 g/mol. The van der Waals surface area contributed by atoms with Crippen LogP contribution in [0.2, 0.25) is 0 Å². The van der Waals surface area contributed by atoms with Crippen LogP contribution in [0.5, 0.6) is 0 Å². The summed E-state index contributed by atoms with van der Waals surface area (Å²) in [6, 6.07) is 5.62. The molecule has 3 rings (SSSR count). The minimum absolute atomic E-state index is 0.380. The third-order valence-electron chi connectivity index (χ3n) is 3.11.